The molecule has 2 aliphatic carbocycles. The fraction of sp³-hybridized carbons (Fsp3) is 0.562. The zero-order valence-corrected chi connectivity index (χ0v) is 13.8. The number of carbonyl (C=O) groups is 1. The van der Waals surface area contributed by atoms with Crippen molar-refractivity contribution in [2.24, 2.45) is 5.41 Å². The Labute approximate surface area is 133 Å². The van der Waals surface area contributed by atoms with Gasteiger partial charge in [-0.2, -0.15) is 0 Å². The van der Waals surface area contributed by atoms with Crippen LogP contribution in [0.1, 0.15) is 48.9 Å². The first-order chi connectivity index (χ1) is 9.62. The molecule has 1 aromatic rings. The van der Waals surface area contributed by atoms with Crippen LogP contribution < -0.4 is 4.74 Å². The molecule has 4 heteroatoms. The van der Waals surface area contributed by atoms with Crippen LogP contribution in [0.25, 0.3) is 0 Å². The third kappa shape index (κ3) is 2.95. The number of methoxy groups -OCH3 is 1. The number of hydrogen-bond donors (Lipinski definition) is 0. The maximum Gasteiger partial charge on any atom is 0.341 e. The molecule has 0 aromatic heterocycles. The standard InChI is InChI=1S/C16H19IO3/c1-19-15(18)13-3-2-11(17)10-14(13)20-12-4-6-16(7-5-12)8-9-16/h2-3,10,12H,4-9H2,1H3. The molecule has 108 valence electrons. The quantitative estimate of drug-likeness (QED) is 0.578. The molecule has 3 nitrogen and oxygen atoms in total. The molecule has 1 spiro atoms. The summed E-state index contributed by atoms with van der Waals surface area (Å²) in [6.07, 6.45) is 7.79. The first kappa shape index (κ1) is 14.2. The van der Waals surface area contributed by atoms with Crippen LogP contribution in [0, 0.1) is 8.99 Å². The van der Waals surface area contributed by atoms with Gasteiger partial charge in [0.2, 0.25) is 0 Å². The summed E-state index contributed by atoms with van der Waals surface area (Å²) in [5, 5.41) is 0. The molecule has 2 saturated carbocycles. The van der Waals surface area contributed by atoms with Crippen molar-refractivity contribution >= 4 is 28.6 Å². The summed E-state index contributed by atoms with van der Waals surface area (Å²) in [7, 11) is 1.40. The van der Waals surface area contributed by atoms with Gasteiger partial charge in [-0.3, -0.25) is 0 Å². The molecule has 0 aliphatic heterocycles. The van der Waals surface area contributed by atoms with E-state index < -0.39 is 0 Å². The van der Waals surface area contributed by atoms with Gasteiger partial charge in [-0.1, -0.05) is 0 Å². The predicted molar refractivity (Wildman–Crippen MR) is 85.0 cm³/mol. The summed E-state index contributed by atoms with van der Waals surface area (Å²) in [6, 6.07) is 5.61. The van der Waals surface area contributed by atoms with E-state index in [1.807, 2.05) is 12.1 Å². The molecular formula is C16H19IO3. The Balaban J connectivity index is 1.72. The van der Waals surface area contributed by atoms with Crippen LogP contribution >= 0.6 is 22.6 Å². The Bertz CT molecular complexity index is 512. The highest BCUT2D eigenvalue weighted by Gasteiger charge is 2.45. The van der Waals surface area contributed by atoms with Gasteiger partial charge in [0.05, 0.1) is 13.2 Å². The zero-order valence-electron chi connectivity index (χ0n) is 11.7. The average Bonchev–Trinajstić information content (AvgIpc) is 3.21. The molecule has 0 radical (unpaired) electrons. The number of hydrogen-bond acceptors (Lipinski definition) is 3. The molecule has 0 bridgehead atoms. The Hall–Kier alpha value is -0.780. The highest BCUT2D eigenvalue weighted by atomic mass is 127. The summed E-state index contributed by atoms with van der Waals surface area (Å²) in [6.45, 7) is 0. The molecule has 0 atom stereocenters. The lowest BCUT2D eigenvalue weighted by atomic mass is 9.85. The largest absolute Gasteiger partial charge is 0.489 e. The predicted octanol–water partition coefficient (Wildman–Crippen LogP) is 4.18. The maximum atomic E-state index is 11.8. The van der Waals surface area contributed by atoms with Gasteiger partial charge < -0.3 is 9.47 Å². The molecule has 3 rings (SSSR count). The summed E-state index contributed by atoms with van der Waals surface area (Å²) >= 11 is 2.24. The van der Waals surface area contributed by atoms with E-state index in [0.717, 1.165) is 16.4 Å². The van der Waals surface area contributed by atoms with Gasteiger partial charge in [-0.05, 0) is 84.7 Å². The van der Waals surface area contributed by atoms with Crippen molar-refractivity contribution in [3.8, 4) is 5.75 Å². The minimum atomic E-state index is -0.328. The van der Waals surface area contributed by atoms with Crippen LogP contribution in [-0.4, -0.2) is 19.2 Å². The highest BCUT2D eigenvalue weighted by molar-refractivity contribution is 14.1. The molecule has 1 aromatic carbocycles. The van der Waals surface area contributed by atoms with Crippen LogP contribution in [0.4, 0.5) is 0 Å². The first-order valence-corrected chi connectivity index (χ1v) is 8.24. The monoisotopic (exact) mass is 386 g/mol. The van der Waals surface area contributed by atoms with Crippen LogP contribution in [0.2, 0.25) is 0 Å². The molecular weight excluding hydrogens is 367 g/mol. The van der Waals surface area contributed by atoms with Gasteiger partial charge in [0.15, 0.2) is 0 Å². The van der Waals surface area contributed by atoms with Gasteiger partial charge in [0.1, 0.15) is 11.3 Å². The fourth-order valence-electron chi connectivity index (χ4n) is 3.05. The molecule has 2 aliphatic rings. The van der Waals surface area contributed by atoms with E-state index >= 15 is 0 Å². The summed E-state index contributed by atoms with van der Waals surface area (Å²) in [5.41, 5.74) is 1.19. The lowest BCUT2D eigenvalue weighted by Crippen LogP contribution is -2.25. The summed E-state index contributed by atoms with van der Waals surface area (Å²) in [5.74, 6) is 0.339. The molecule has 0 N–H and O–H groups in total. The number of ether oxygens (including phenoxy) is 2. The topological polar surface area (TPSA) is 35.5 Å². The first-order valence-electron chi connectivity index (χ1n) is 7.16. The van der Waals surface area contributed by atoms with E-state index in [2.05, 4.69) is 22.6 Å². The number of esters is 1. The number of halogens is 1. The van der Waals surface area contributed by atoms with E-state index in [0.29, 0.717) is 16.7 Å². The van der Waals surface area contributed by atoms with Gasteiger partial charge >= 0.3 is 5.97 Å². The number of carbonyl (C=O) groups excluding carboxylic acids is 1. The van der Waals surface area contributed by atoms with E-state index in [4.69, 9.17) is 9.47 Å². The lowest BCUT2D eigenvalue weighted by molar-refractivity contribution is 0.0587. The number of rotatable bonds is 3. The molecule has 2 fully saturated rings. The maximum absolute atomic E-state index is 11.8. The van der Waals surface area contributed by atoms with Crippen molar-refractivity contribution in [2.45, 2.75) is 44.6 Å². The van der Waals surface area contributed by atoms with Crippen molar-refractivity contribution in [2.75, 3.05) is 7.11 Å². The van der Waals surface area contributed by atoms with Gasteiger partial charge in [-0.15, -0.1) is 0 Å². The van der Waals surface area contributed by atoms with E-state index in [1.165, 1.54) is 32.8 Å². The van der Waals surface area contributed by atoms with Crippen molar-refractivity contribution in [1.29, 1.82) is 0 Å². The minimum absolute atomic E-state index is 0.239. The molecule has 0 unspecified atom stereocenters. The second kappa shape index (κ2) is 5.54. The fourth-order valence-corrected chi connectivity index (χ4v) is 3.51. The molecule has 0 heterocycles. The summed E-state index contributed by atoms with van der Waals surface area (Å²) < 4.78 is 12.0. The Morgan fingerprint density at radius 1 is 1.25 bits per heavy atom. The van der Waals surface area contributed by atoms with Crippen LogP contribution in [0.5, 0.6) is 5.75 Å². The second-order valence-corrected chi connectivity index (χ2v) is 7.19. The second-order valence-electron chi connectivity index (χ2n) is 5.95. The van der Waals surface area contributed by atoms with Crippen molar-refractivity contribution in [3.63, 3.8) is 0 Å². The SMILES string of the molecule is COC(=O)c1ccc(I)cc1OC1CCC2(CC1)CC2. The van der Waals surface area contributed by atoms with Crippen molar-refractivity contribution < 1.29 is 14.3 Å². The Morgan fingerprint density at radius 2 is 1.95 bits per heavy atom. The summed E-state index contributed by atoms with van der Waals surface area (Å²) in [4.78, 5) is 11.8. The minimum Gasteiger partial charge on any atom is -0.489 e. The normalized spacial score (nSPS) is 20.7. The van der Waals surface area contributed by atoms with E-state index in [-0.39, 0.29) is 12.1 Å². The lowest BCUT2D eigenvalue weighted by Gasteiger charge is -2.29. The van der Waals surface area contributed by atoms with Crippen LogP contribution in [-0.2, 0) is 4.74 Å². The zero-order chi connectivity index (χ0) is 14.2. The van der Waals surface area contributed by atoms with Crippen LogP contribution in [0.3, 0.4) is 0 Å². The van der Waals surface area contributed by atoms with Crippen LogP contribution in [0.15, 0.2) is 18.2 Å². The third-order valence-electron chi connectivity index (χ3n) is 4.59. The van der Waals surface area contributed by atoms with Crippen molar-refractivity contribution in [1.82, 2.24) is 0 Å². The molecule has 0 amide bonds. The van der Waals surface area contributed by atoms with Gasteiger partial charge in [-0.25, -0.2) is 4.79 Å². The van der Waals surface area contributed by atoms with E-state index in [9.17, 15) is 4.79 Å². The molecule has 20 heavy (non-hydrogen) atoms. The Kier molecular flexibility index (Phi) is 3.93. The Morgan fingerprint density at radius 3 is 2.55 bits per heavy atom. The van der Waals surface area contributed by atoms with Crippen molar-refractivity contribution in [3.05, 3.63) is 27.3 Å². The molecule has 0 saturated heterocycles. The smallest absolute Gasteiger partial charge is 0.341 e. The average molecular weight is 386 g/mol. The highest BCUT2D eigenvalue weighted by Crippen LogP contribution is 2.56. The third-order valence-corrected chi connectivity index (χ3v) is 5.26. The van der Waals surface area contributed by atoms with Gasteiger partial charge in [0.25, 0.3) is 0 Å². The van der Waals surface area contributed by atoms with Gasteiger partial charge in [0, 0.05) is 3.57 Å². The van der Waals surface area contributed by atoms with E-state index in [1.54, 1.807) is 6.07 Å². The number of benzene rings is 1.